The Labute approximate surface area is 196 Å². The number of alkyl halides is 3. The maximum Gasteiger partial charge on any atom is 0.419 e. The standard InChI is InChI=1S/C23H21F3N6O3/c24-23(25,26)16-3-5-19(27-12-16)32-7-1-6-31(8-9-32)13-15-11-28-30-20(15)14-2-4-18-17(10-14)21(33)29-22(34)35-18/h2-5,10-12H,1,6-9,13H2,(H,28,30)(H,29,33,34). The van der Waals surface area contributed by atoms with Gasteiger partial charge in [-0.05, 0) is 36.8 Å². The van der Waals surface area contributed by atoms with E-state index in [-0.39, 0.29) is 11.0 Å². The minimum Gasteiger partial charge on any atom is -0.409 e. The van der Waals surface area contributed by atoms with Crippen LogP contribution in [0.3, 0.4) is 0 Å². The largest absolute Gasteiger partial charge is 0.419 e. The summed E-state index contributed by atoms with van der Waals surface area (Å²) in [5, 5.41) is 7.48. The third kappa shape index (κ3) is 4.83. The molecule has 0 radical (unpaired) electrons. The van der Waals surface area contributed by atoms with Crippen molar-refractivity contribution in [2.24, 2.45) is 0 Å². The molecule has 1 aliphatic rings. The monoisotopic (exact) mass is 486 g/mol. The Balaban J connectivity index is 1.30. The van der Waals surface area contributed by atoms with Gasteiger partial charge >= 0.3 is 11.9 Å². The molecule has 12 heteroatoms. The molecule has 0 atom stereocenters. The molecule has 9 nitrogen and oxygen atoms in total. The van der Waals surface area contributed by atoms with Gasteiger partial charge in [0.2, 0.25) is 0 Å². The van der Waals surface area contributed by atoms with Crippen LogP contribution in [0, 0.1) is 0 Å². The summed E-state index contributed by atoms with van der Waals surface area (Å²) in [5.74, 6) is -0.283. The number of aromatic amines is 2. The molecule has 1 saturated heterocycles. The summed E-state index contributed by atoms with van der Waals surface area (Å²) in [6.45, 7) is 3.39. The maximum atomic E-state index is 12.8. The second-order valence-corrected chi connectivity index (χ2v) is 8.33. The van der Waals surface area contributed by atoms with Crippen LogP contribution >= 0.6 is 0 Å². The molecule has 3 aromatic heterocycles. The normalized spacial score (nSPS) is 15.5. The summed E-state index contributed by atoms with van der Waals surface area (Å²) < 4.78 is 43.5. The number of fused-ring (bicyclic) bond motifs is 1. The highest BCUT2D eigenvalue weighted by atomic mass is 19.4. The number of aromatic nitrogens is 4. The Morgan fingerprint density at radius 2 is 1.91 bits per heavy atom. The van der Waals surface area contributed by atoms with Crippen LogP contribution in [0.25, 0.3) is 22.2 Å². The number of rotatable bonds is 4. The van der Waals surface area contributed by atoms with Crippen molar-refractivity contribution in [2.75, 3.05) is 31.1 Å². The fraction of sp³-hybridized carbons (Fsp3) is 0.304. The first-order valence-electron chi connectivity index (χ1n) is 11.0. The van der Waals surface area contributed by atoms with Gasteiger partial charge in [0.05, 0.1) is 16.6 Å². The lowest BCUT2D eigenvalue weighted by Gasteiger charge is -2.23. The van der Waals surface area contributed by atoms with E-state index in [2.05, 4.69) is 25.1 Å². The number of halogens is 3. The summed E-state index contributed by atoms with van der Waals surface area (Å²) >= 11 is 0. The lowest BCUT2D eigenvalue weighted by Crippen LogP contribution is -2.31. The van der Waals surface area contributed by atoms with Crippen molar-refractivity contribution >= 4 is 16.8 Å². The van der Waals surface area contributed by atoms with Gasteiger partial charge in [-0.1, -0.05) is 0 Å². The smallest absolute Gasteiger partial charge is 0.409 e. The van der Waals surface area contributed by atoms with Gasteiger partial charge in [0.25, 0.3) is 5.56 Å². The molecule has 1 aromatic carbocycles. The maximum absolute atomic E-state index is 12.8. The Hall–Kier alpha value is -3.93. The van der Waals surface area contributed by atoms with Crippen LogP contribution in [0.5, 0.6) is 0 Å². The summed E-state index contributed by atoms with van der Waals surface area (Å²) in [6.07, 6.45) is -0.916. The number of anilines is 1. The van der Waals surface area contributed by atoms with E-state index >= 15 is 0 Å². The summed E-state index contributed by atoms with van der Waals surface area (Å²) in [4.78, 5) is 33.9. The Morgan fingerprint density at radius 1 is 1.06 bits per heavy atom. The fourth-order valence-corrected chi connectivity index (χ4v) is 4.25. The number of hydrogen-bond acceptors (Lipinski definition) is 7. The molecule has 0 bridgehead atoms. The Bertz CT molecular complexity index is 1460. The zero-order chi connectivity index (χ0) is 24.6. The molecule has 5 rings (SSSR count). The van der Waals surface area contributed by atoms with Crippen molar-refractivity contribution in [1.82, 2.24) is 25.1 Å². The van der Waals surface area contributed by atoms with Gasteiger partial charge in [-0.2, -0.15) is 18.3 Å². The molecular weight excluding hydrogens is 465 g/mol. The third-order valence-electron chi connectivity index (χ3n) is 6.02. The average Bonchev–Trinajstić information content (AvgIpc) is 3.15. The van der Waals surface area contributed by atoms with E-state index in [1.165, 1.54) is 6.07 Å². The molecule has 4 aromatic rings. The minimum absolute atomic E-state index is 0.198. The number of nitrogens with zero attached hydrogens (tertiary/aromatic N) is 4. The van der Waals surface area contributed by atoms with E-state index in [1.54, 1.807) is 24.4 Å². The van der Waals surface area contributed by atoms with Gasteiger partial charge in [0.15, 0.2) is 0 Å². The molecule has 35 heavy (non-hydrogen) atoms. The Morgan fingerprint density at radius 3 is 2.69 bits per heavy atom. The van der Waals surface area contributed by atoms with Gasteiger partial charge in [0.1, 0.15) is 11.4 Å². The van der Waals surface area contributed by atoms with E-state index in [9.17, 15) is 22.8 Å². The van der Waals surface area contributed by atoms with Crippen molar-refractivity contribution in [2.45, 2.75) is 19.1 Å². The van der Waals surface area contributed by atoms with E-state index in [0.717, 1.165) is 30.8 Å². The van der Waals surface area contributed by atoms with Gasteiger partial charge in [-0.15, -0.1) is 0 Å². The average molecular weight is 486 g/mol. The molecule has 2 N–H and O–H groups in total. The second kappa shape index (κ2) is 9.02. The van der Waals surface area contributed by atoms with E-state index < -0.39 is 23.1 Å². The van der Waals surface area contributed by atoms with Crippen LogP contribution in [0.2, 0.25) is 0 Å². The zero-order valence-corrected chi connectivity index (χ0v) is 18.4. The summed E-state index contributed by atoms with van der Waals surface area (Å²) in [5.41, 5.74) is 1.23. The minimum atomic E-state index is -4.41. The number of H-pyrrole nitrogens is 2. The lowest BCUT2D eigenvalue weighted by molar-refractivity contribution is -0.137. The predicted molar refractivity (Wildman–Crippen MR) is 122 cm³/mol. The molecular formula is C23H21F3N6O3. The van der Waals surface area contributed by atoms with Crippen LogP contribution in [-0.2, 0) is 12.7 Å². The number of hydrogen-bond donors (Lipinski definition) is 2. The highest BCUT2D eigenvalue weighted by molar-refractivity contribution is 5.82. The first-order valence-corrected chi connectivity index (χ1v) is 11.0. The first kappa shape index (κ1) is 22.8. The van der Waals surface area contributed by atoms with Crippen LogP contribution in [0.1, 0.15) is 17.5 Å². The summed E-state index contributed by atoms with van der Waals surface area (Å²) in [7, 11) is 0. The van der Waals surface area contributed by atoms with Crippen molar-refractivity contribution in [3.8, 4) is 11.3 Å². The van der Waals surface area contributed by atoms with E-state index in [0.29, 0.717) is 43.3 Å². The quantitative estimate of drug-likeness (QED) is 0.456. The van der Waals surface area contributed by atoms with Crippen LogP contribution < -0.4 is 16.2 Å². The highest BCUT2D eigenvalue weighted by Gasteiger charge is 2.31. The van der Waals surface area contributed by atoms with Crippen molar-refractivity contribution in [3.63, 3.8) is 0 Å². The SMILES string of the molecule is O=c1[nH]c(=O)c2cc(-c3n[nH]cc3CN3CCCN(c4ccc(C(F)(F)F)cn4)CC3)ccc2o1. The Kier molecular flexibility index (Phi) is 5.89. The first-order chi connectivity index (χ1) is 16.8. The molecule has 0 saturated carbocycles. The second-order valence-electron chi connectivity index (χ2n) is 8.33. The molecule has 1 fully saturated rings. The lowest BCUT2D eigenvalue weighted by atomic mass is 10.1. The molecule has 0 amide bonds. The number of benzene rings is 1. The third-order valence-corrected chi connectivity index (χ3v) is 6.02. The predicted octanol–water partition coefficient (Wildman–Crippen LogP) is 3.00. The molecule has 182 valence electrons. The van der Waals surface area contributed by atoms with Gasteiger partial charge in [-0.25, -0.2) is 9.78 Å². The number of nitrogens with one attached hydrogen (secondary N) is 2. The van der Waals surface area contributed by atoms with Crippen molar-refractivity contribution < 1.29 is 17.6 Å². The molecule has 1 aliphatic heterocycles. The molecule has 0 unspecified atom stereocenters. The zero-order valence-electron chi connectivity index (χ0n) is 18.4. The van der Waals surface area contributed by atoms with E-state index in [4.69, 9.17) is 4.42 Å². The van der Waals surface area contributed by atoms with Gasteiger partial charge in [0, 0.05) is 56.2 Å². The van der Waals surface area contributed by atoms with E-state index in [1.807, 2.05) is 4.90 Å². The topological polar surface area (TPSA) is 111 Å². The van der Waals surface area contributed by atoms with Gasteiger partial charge in [-0.3, -0.25) is 19.8 Å². The van der Waals surface area contributed by atoms with Gasteiger partial charge < -0.3 is 9.32 Å². The number of pyridine rings is 1. The molecule has 0 aliphatic carbocycles. The highest BCUT2D eigenvalue weighted by Crippen LogP contribution is 2.30. The van der Waals surface area contributed by atoms with Crippen LogP contribution in [0.15, 0.2) is 56.7 Å². The molecule has 0 spiro atoms. The molecule has 4 heterocycles. The fourth-order valence-electron chi connectivity index (χ4n) is 4.25. The van der Waals surface area contributed by atoms with Crippen molar-refractivity contribution in [3.05, 3.63) is 74.8 Å². The summed E-state index contributed by atoms with van der Waals surface area (Å²) in [6, 6.07) is 7.42. The van der Waals surface area contributed by atoms with Crippen LogP contribution in [-0.4, -0.2) is 51.2 Å². The van der Waals surface area contributed by atoms with Crippen molar-refractivity contribution in [1.29, 1.82) is 0 Å². The van der Waals surface area contributed by atoms with Crippen LogP contribution in [0.4, 0.5) is 19.0 Å².